The Morgan fingerprint density at radius 2 is 2.06 bits per heavy atom. The van der Waals surface area contributed by atoms with E-state index in [1.54, 1.807) is 6.92 Å². The van der Waals surface area contributed by atoms with Gasteiger partial charge in [-0.3, -0.25) is 14.5 Å². The van der Waals surface area contributed by atoms with Crippen molar-refractivity contribution in [3.05, 3.63) is 29.3 Å². The zero-order chi connectivity index (χ0) is 13.3. The first-order valence-electron chi connectivity index (χ1n) is 5.88. The van der Waals surface area contributed by atoms with E-state index < -0.39 is 5.37 Å². The summed E-state index contributed by atoms with van der Waals surface area (Å²) < 4.78 is 0. The lowest BCUT2D eigenvalue weighted by atomic mass is 10.1. The van der Waals surface area contributed by atoms with Crippen LogP contribution in [0.4, 0.5) is 10.5 Å². The van der Waals surface area contributed by atoms with Crippen LogP contribution in [-0.2, 0) is 4.79 Å². The lowest BCUT2D eigenvalue weighted by Gasteiger charge is -2.15. The van der Waals surface area contributed by atoms with Crippen LogP contribution in [0.15, 0.2) is 18.2 Å². The number of benzene rings is 1. The van der Waals surface area contributed by atoms with Gasteiger partial charge in [0.2, 0.25) is 0 Å². The molecule has 0 aliphatic carbocycles. The average molecular weight is 264 g/mol. The fraction of sp³-hybridized carbons (Fsp3) is 0.385. The van der Waals surface area contributed by atoms with E-state index in [0.29, 0.717) is 6.54 Å². The predicted octanol–water partition coefficient (Wildman–Crippen LogP) is 2.76. The maximum absolute atomic E-state index is 12.0. The molecule has 0 unspecified atom stereocenters. The number of amides is 2. The molecule has 0 bridgehead atoms. The molecular weight excluding hydrogens is 248 g/mol. The van der Waals surface area contributed by atoms with Crippen LogP contribution in [0.5, 0.6) is 0 Å². The van der Waals surface area contributed by atoms with Gasteiger partial charge in [0.05, 0.1) is 0 Å². The molecule has 0 spiro atoms. The summed E-state index contributed by atoms with van der Waals surface area (Å²) in [6, 6.07) is 6.01. The SMILES string of the molecule is CCN1C(=O)S[C@@H](Nc2cc(C)ccc2C)C1=O. The van der Waals surface area contributed by atoms with Crippen LogP contribution < -0.4 is 5.32 Å². The van der Waals surface area contributed by atoms with Gasteiger partial charge in [-0.2, -0.15) is 0 Å². The summed E-state index contributed by atoms with van der Waals surface area (Å²) >= 11 is 1.04. The molecule has 2 rings (SSSR count). The number of aryl methyl sites for hydroxylation is 2. The van der Waals surface area contributed by atoms with E-state index in [2.05, 4.69) is 5.32 Å². The zero-order valence-electron chi connectivity index (χ0n) is 10.7. The highest BCUT2D eigenvalue weighted by atomic mass is 32.2. The fourth-order valence-electron chi connectivity index (χ4n) is 1.86. The van der Waals surface area contributed by atoms with Crippen molar-refractivity contribution in [2.45, 2.75) is 26.1 Å². The van der Waals surface area contributed by atoms with Crippen molar-refractivity contribution in [3.8, 4) is 0 Å². The van der Waals surface area contributed by atoms with Gasteiger partial charge in [-0.25, -0.2) is 0 Å². The van der Waals surface area contributed by atoms with Crippen LogP contribution in [-0.4, -0.2) is 28.0 Å². The molecule has 1 aromatic rings. The molecule has 18 heavy (non-hydrogen) atoms. The van der Waals surface area contributed by atoms with E-state index in [1.165, 1.54) is 4.90 Å². The van der Waals surface area contributed by atoms with Crippen molar-refractivity contribution in [3.63, 3.8) is 0 Å². The van der Waals surface area contributed by atoms with Gasteiger partial charge in [0.15, 0.2) is 5.37 Å². The zero-order valence-corrected chi connectivity index (χ0v) is 11.5. The Balaban J connectivity index is 2.18. The molecule has 1 N–H and O–H groups in total. The number of rotatable bonds is 3. The minimum atomic E-state index is -0.502. The number of anilines is 1. The molecule has 96 valence electrons. The van der Waals surface area contributed by atoms with Crippen LogP contribution in [0.3, 0.4) is 0 Å². The molecule has 0 aromatic heterocycles. The van der Waals surface area contributed by atoms with Crippen LogP contribution in [0.1, 0.15) is 18.1 Å². The van der Waals surface area contributed by atoms with Crippen LogP contribution in [0, 0.1) is 13.8 Å². The minimum absolute atomic E-state index is 0.159. The number of thioether (sulfide) groups is 1. The van der Waals surface area contributed by atoms with Gasteiger partial charge in [0, 0.05) is 12.2 Å². The van der Waals surface area contributed by atoms with Crippen molar-refractivity contribution in [1.29, 1.82) is 0 Å². The van der Waals surface area contributed by atoms with E-state index in [0.717, 1.165) is 28.6 Å². The number of nitrogens with one attached hydrogen (secondary N) is 1. The second-order valence-corrected chi connectivity index (χ2v) is 5.37. The van der Waals surface area contributed by atoms with E-state index in [4.69, 9.17) is 0 Å². The maximum Gasteiger partial charge on any atom is 0.290 e. The number of carbonyl (C=O) groups is 2. The highest BCUT2D eigenvalue weighted by Gasteiger charge is 2.38. The summed E-state index contributed by atoms with van der Waals surface area (Å²) in [5, 5.41) is 2.47. The largest absolute Gasteiger partial charge is 0.365 e. The Labute approximate surface area is 111 Å². The summed E-state index contributed by atoms with van der Waals surface area (Å²) in [5.74, 6) is -0.159. The molecule has 1 aliphatic heterocycles. The maximum atomic E-state index is 12.0. The Bertz CT molecular complexity index is 502. The molecule has 1 aliphatic rings. The fourth-order valence-corrected chi connectivity index (χ4v) is 2.82. The quantitative estimate of drug-likeness (QED) is 0.912. The van der Waals surface area contributed by atoms with Gasteiger partial charge in [-0.05, 0) is 49.7 Å². The third kappa shape index (κ3) is 2.36. The molecule has 5 heteroatoms. The third-order valence-corrected chi connectivity index (χ3v) is 3.90. The highest BCUT2D eigenvalue weighted by Crippen LogP contribution is 2.29. The van der Waals surface area contributed by atoms with Crippen LogP contribution in [0.2, 0.25) is 0 Å². The van der Waals surface area contributed by atoms with Gasteiger partial charge < -0.3 is 5.32 Å². The minimum Gasteiger partial charge on any atom is -0.365 e. The molecule has 1 fully saturated rings. The lowest BCUT2D eigenvalue weighted by molar-refractivity contribution is -0.126. The van der Waals surface area contributed by atoms with Crippen molar-refractivity contribution < 1.29 is 9.59 Å². The van der Waals surface area contributed by atoms with E-state index >= 15 is 0 Å². The van der Waals surface area contributed by atoms with Gasteiger partial charge in [0.25, 0.3) is 11.1 Å². The Morgan fingerprint density at radius 1 is 1.33 bits per heavy atom. The molecule has 0 saturated carbocycles. The van der Waals surface area contributed by atoms with Gasteiger partial charge in [-0.15, -0.1) is 0 Å². The van der Waals surface area contributed by atoms with Crippen molar-refractivity contribution in [1.82, 2.24) is 4.90 Å². The van der Waals surface area contributed by atoms with Crippen molar-refractivity contribution in [2.75, 3.05) is 11.9 Å². The van der Waals surface area contributed by atoms with Crippen molar-refractivity contribution in [2.24, 2.45) is 0 Å². The first-order chi connectivity index (χ1) is 8.52. The summed E-state index contributed by atoms with van der Waals surface area (Å²) in [7, 11) is 0. The number of imide groups is 1. The molecule has 1 aromatic carbocycles. The van der Waals surface area contributed by atoms with Gasteiger partial charge in [0.1, 0.15) is 0 Å². The highest BCUT2D eigenvalue weighted by molar-refractivity contribution is 8.15. The summed E-state index contributed by atoms with van der Waals surface area (Å²) in [6.07, 6.45) is 0. The van der Waals surface area contributed by atoms with Gasteiger partial charge >= 0.3 is 0 Å². The Kier molecular flexibility index (Phi) is 3.61. The number of carbonyl (C=O) groups excluding carboxylic acids is 2. The molecule has 1 atom stereocenters. The van der Waals surface area contributed by atoms with E-state index in [9.17, 15) is 9.59 Å². The molecule has 1 heterocycles. The first kappa shape index (κ1) is 13.0. The Morgan fingerprint density at radius 3 is 2.67 bits per heavy atom. The second-order valence-electron chi connectivity index (χ2n) is 4.31. The normalized spacial score (nSPS) is 19.5. The average Bonchev–Trinajstić information content (AvgIpc) is 2.59. The smallest absolute Gasteiger partial charge is 0.290 e. The summed E-state index contributed by atoms with van der Waals surface area (Å²) in [5.41, 5.74) is 3.10. The van der Waals surface area contributed by atoms with E-state index in [1.807, 2.05) is 32.0 Å². The molecular formula is C13H16N2O2S. The molecule has 4 nitrogen and oxygen atoms in total. The number of nitrogens with zero attached hydrogens (tertiary/aromatic N) is 1. The third-order valence-electron chi connectivity index (χ3n) is 2.93. The van der Waals surface area contributed by atoms with Crippen molar-refractivity contribution >= 4 is 28.6 Å². The van der Waals surface area contributed by atoms with Gasteiger partial charge in [-0.1, -0.05) is 12.1 Å². The topological polar surface area (TPSA) is 49.4 Å². The van der Waals surface area contributed by atoms with Crippen LogP contribution in [0.25, 0.3) is 0 Å². The Hall–Kier alpha value is -1.49. The van der Waals surface area contributed by atoms with Crippen LogP contribution >= 0.6 is 11.8 Å². The molecule has 0 radical (unpaired) electrons. The number of hydrogen-bond donors (Lipinski definition) is 1. The predicted molar refractivity (Wildman–Crippen MR) is 73.7 cm³/mol. The summed E-state index contributed by atoms with van der Waals surface area (Å²) in [4.78, 5) is 24.8. The first-order valence-corrected chi connectivity index (χ1v) is 6.76. The number of likely N-dealkylation sites (N-methyl/N-ethyl adjacent to an activating group) is 1. The lowest BCUT2D eigenvalue weighted by Crippen LogP contribution is -2.34. The second kappa shape index (κ2) is 5.02. The summed E-state index contributed by atoms with van der Waals surface area (Å²) in [6.45, 7) is 6.20. The number of hydrogen-bond acceptors (Lipinski definition) is 4. The standard InChI is InChI=1S/C13H16N2O2S/c1-4-15-12(16)11(18-13(15)17)14-10-7-8(2)5-6-9(10)3/h5-7,11,14H,4H2,1-3H3/t11-/m1/s1. The molecule has 1 saturated heterocycles. The monoisotopic (exact) mass is 264 g/mol. The molecule has 2 amide bonds. The van der Waals surface area contributed by atoms with E-state index in [-0.39, 0.29) is 11.1 Å².